The summed E-state index contributed by atoms with van der Waals surface area (Å²) in [5, 5.41) is 2.92. The molecule has 114 valence electrons. The largest absolute Gasteiger partial charge is 0.458 e. The van der Waals surface area contributed by atoms with Crippen LogP contribution in [-0.4, -0.2) is 54.3 Å². The lowest BCUT2D eigenvalue weighted by Crippen LogP contribution is -2.50. The number of hydrogen-bond acceptors (Lipinski definition) is 4. The van der Waals surface area contributed by atoms with Gasteiger partial charge in [-0.05, 0) is 40.0 Å². The molecule has 1 unspecified atom stereocenters. The number of carbonyl (C=O) groups excluding carboxylic acids is 2. The van der Waals surface area contributed by atoms with Gasteiger partial charge in [0.15, 0.2) is 0 Å². The molecule has 0 aliphatic carbocycles. The molecule has 2 heterocycles. The Hall–Kier alpha value is -1.30. The van der Waals surface area contributed by atoms with Crippen molar-refractivity contribution in [3.63, 3.8) is 0 Å². The molecule has 1 N–H and O–H groups in total. The van der Waals surface area contributed by atoms with E-state index in [0.29, 0.717) is 26.2 Å². The van der Waals surface area contributed by atoms with Crippen molar-refractivity contribution < 1.29 is 19.1 Å². The first-order chi connectivity index (χ1) is 9.37. The minimum absolute atomic E-state index is 0.0578. The van der Waals surface area contributed by atoms with Crippen molar-refractivity contribution in [3.8, 4) is 0 Å². The van der Waals surface area contributed by atoms with Crippen LogP contribution in [0.1, 0.15) is 40.0 Å². The highest BCUT2D eigenvalue weighted by Gasteiger charge is 2.37. The highest BCUT2D eigenvalue weighted by Crippen LogP contribution is 2.21. The normalized spacial score (nSPS) is 26.6. The molecule has 2 amide bonds. The van der Waals surface area contributed by atoms with E-state index in [9.17, 15) is 9.59 Å². The van der Waals surface area contributed by atoms with Crippen LogP contribution in [0.4, 0.5) is 4.79 Å². The van der Waals surface area contributed by atoms with Crippen LogP contribution in [-0.2, 0) is 14.3 Å². The van der Waals surface area contributed by atoms with Crippen molar-refractivity contribution in [2.24, 2.45) is 0 Å². The first-order valence-electron chi connectivity index (χ1n) is 7.24. The van der Waals surface area contributed by atoms with Crippen LogP contribution < -0.4 is 5.32 Å². The van der Waals surface area contributed by atoms with Crippen LogP contribution in [0, 0.1) is 0 Å². The van der Waals surface area contributed by atoms with Crippen molar-refractivity contribution in [2.75, 3.05) is 19.8 Å². The number of amides is 2. The van der Waals surface area contributed by atoms with E-state index in [-0.39, 0.29) is 18.0 Å². The van der Waals surface area contributed by atoms with Gasteiger partial charge in [0.05, 0.1) is 12.6 Å². The minimum atomic E-state index is -0.527. The molecule has 0 aromatic carbocycles. The van der Waals surface area contributed by atoms with Crippen LogP contribution in [0.25, 0.3) is 0 Å². The number of carbonyl (C=O) groups is 2. The summed E-state index contributed by atoms with van der Waals surface area (Å²) in [5.74, 6) is -0.312. The number of esters is 1. The Labute approximate surface area is 119 Å². The fourth-order valence-corrected chi connectivity index (χ4v) is 2.53. The Morgan fingerprint density at radius 2 is 2.05 bits per heavy atom. The van der Waals surface area contributed by atoms with E-state index < -0.39 is 11.6 Å². The van der Waals surface area contributed by atoms with Crippen LogP contribution in [0.5, 0.6) is 0 Å². The molecule has 6 heteroatoms. The number of hydrogen-bond donors (Lipinski definition) is 1. The molecule has 0 aromatic heterocycles. The molecule has 2 atom stereocenters. The summed E-state index contributed by atoms with van der Waals surface area (Å²) in [5.41, 5.74) is -0.527. The summed E-state index contributed by atoms with van der Waals surface area (Å²) >= 11 is 0. The van der Waals surface area contributed by atoms with Crippen LogP contribution in [0.15, 0.2) is 0 Å². The lowest BCUT2D eigenvalue weighted by atomic mass is 10.1. The van der Waals surface area contributed by atoms with Gasteiger partial charge in [0.2, 0.25) is 0 Å². The Balaban J connectivity index is 1.92. The van der Waals surface area contributed by atoms with Crippen LogP contribution >= 0.6 is 0 Å². The molecule has 0 saturated carbocycles. The highest BCUT2D eigenvalue weighted by molar-refractivity contribution is 5.84. The predicted octanol–water partition coefficient (Wildman–Crippen LogP) is 1.29. The molecule has 0 radical (unpaired) electrons. The van der Waals surface area contributed by atoms with Gasteiger partial charge in [-0.3, -0.25) is 0 Å². The van der Waals surface area contributed by atoms with Gasteiger partial charge in [-0.25, -0.2) is 9.59 Å². The highest BCUT2D eigenvalue weighted by atomic mass is 16.6. The van der Waals surface area contributed by atoms with Gasteiger partial charge >= 0.3 is 12.0 Å². The summed E-state index contributed by atoms with van der Waals surface area (Å²) in [4.78, 5) is 26.0. The van der Waals surface area contributed by atoms with Gasteiger partial charge in [-0.15, -0.1) is 0 Å². The Kier molecular flexibility index (Phi) is 4.52. The van der Waals surface area contributed by atoms with Crippen molar-refractivity contribution in [1.29, 1.82) is 0 Å². The molecule has 6 nitrogen and oxygen atoms in total. The second-order valence-corrected chi connectivity index (χ2v) is 6.39. The van der Waals surface area contributed by atoms with E-state index in [1.54, 1.807) is 4.90 Å². The molecule has 0 bridgehead atoms. The molecule has 20 heavy (non-hydrogen) atoms. The maximum absolute atomic E-state index is 12.2. The van der Waals surface area contributed by atoms with Gasteiger partial charge < -0.3 is 19.7 Å². The summed E-state index contributed by atoms with van der Waals surface area (Å²) in [6.45, 7) is 7.33. The number of nitrogens with one attached hydrogen (secondary N) is 1. The maximum Gasteiger partial charge on any atom is 0.329 e. The van der Waals surface area contributed by atoms with Crippen LogP contribution in [0.2, 0.25) is 0 Å². The smallest absolute Gasteiger partial charge is 0.329 e. The molecule has 0 aromatic rings. The summed E-state index contributed by atoms with van der Waals surface area (Å²) in [6.07, 6.45) is 2.33. The van der Waals surface area contributed by atoms with Crippen molar-refractivity contribution >= 4 is 12.0 Å². The number of ether oxygens (including phenoxy) is 2. The van der Waals surface area contributed by atoms with E-state index in [1.165, 1.54) is 0 Å². The number of likely N-dealkylation sites (tertiary alicyclic amines) is 1. The maximum atomic E-state index is 12.2. The summed E-state index contributed by atoms with van der Waals surface area (Å²) in [6, 6.07) is -0.590. The van der Waals surface area contributed by atoms with Crippen molar-refractivity contribution in [3.05, 3.63) is 0 Å². The first-order valence-corrected chi connectivity index (χ1v) is 7.24. The second-order valence-electron chi connectivity index (χ2n) is 6.39. The number of nitrogens with zero attached hydrogens (tertiary/aromatic N) is 1. The van der Waals surface area contributed by atoms with Gasteiger partial charge in [0, 0.05) is 13.2 Å². The molecule has 2 rings (SSSR count). The van der Waals surface area contributed by atoms with Crippen molar-refractivity contribution in [1.82, 2.24) is 10.2 Å². The minimum Gasteiger partial charge on any atom is -0.458 e. The SMILES string of the molecule is CC(C)(C)OC(=O)[C@H]1CCCN1C(=O)NC1CCOC1. The van der Waals surface area contributed by atoms with Gasteiger partial charge in [-0.1, -0.05) is 0 Å². The predicted molar refractivity (Wildman–Crippen MR) is 73.3 cm³/mol. The lowest BCUT2D eigenvalue weighted by Gasteiger charge is -2.28. The number of urea groups is 1. The number of rotatable bonds is 2. The average Bonchev–Trinajstić information content (AvgIpc) is 2.96. The molecule has 0 spiro atoms. The van der Waals surface area contributed by atoms with E-state index in [1.807, 2.05) is 20.8 Å². The Bertz CT molecular complexity index is 372. The summed E-state index contributed by atoms with van der Waals surface area (Å²) < 4.78 is 10.6. The van der Waals surface area contributed by atoms with E-state index in [4.69, 9.17) is 9.47 Å². The van der Waals surface area contributed by atoms with Crippen LogP contribution in [0.3, 0.4) is 0 Å². The van der Waals surface area contributed by atoms with E-state index in [2.05, 4.69) is 5.32 Å². The monoisotopic (exact) mass is 284 g/mol. The Morgan fingerprint density at radius 1 is 1.30 bits per heavy atom. The van der Waals surface area contributed by atoms with E-state index in [0.717, 1.165) is 12.8 Å². The van der Waals surface area contributed by atoms with Gasteiger partial charge in [0.25, 0.3) is 0 Å². The molecule has 2 fully saturated rings. The quantitative estimate of drug-likeness (QED) is 0.776. The first kappa shape index (κ1) is 15.1. The zero-order valence-electron chi connectivity index (χ0n) is 12.5. The van der Waals surface area contributed by atoms with E-state index >= 15 is 0 Å². The molecular weight excluding hydrogens is 260 g/mol. The summed E-state index contributed by atoms with van der Waals surface area (Å²) in [7, 11) is 0. The Morgan fingerprint density at radius 3 is 2.65 bits per heavy atom. The standard InChI is InChI=1S/C14H24N2O4/c1-14(2,3)20-12(17)11-5-4-7-16(11)13(18)15-10-6-8-19-9-10/h10-11H,4-9H2,1-3H3,(H,15,18)/t10?,11-/m1/s1. The molecule has 2 aliphatic rings. The molecule has 2 aliphatic heterocycles. The molecule has 2 saturated heterocycles. The fraction of sp³-hybridized carbons (Fsp3) is 0.857. The lowest BCUT2D eigenvalue weighted by molar-refractivity contribution is -0.159. The average molecular weight is 284 g/mol. The second kappa shape index (κ2) is 5.99. The van der Waals surface area contributed by atoms with Gasteiger partial charge in [-0.2, -0.15) is 0 Å². The third-order valence-electron chi connectivity index (χ3n) is 3.45. The topological polar surface area (TPSA) is 67.9 Å². The zero-order chi connectivity index (χ0) is 14.8. The van der Waals surface area contributed by atoms with Gasteiger partial charge in [0.1, 0.15) is 11.6 Å². The third-order valence-corrected chi connectivity index (χ3v) is 3.45. The molecular formula is C14H24N2O4. The third kappa shape index (κ3) is 3.85. The zero-order valence-corrected chi connectivity index (χ0v) is 12.5. The fourth-order valence-electron chi connectivity index (χ4n) is 2.53. The van der Waals surface area contributed by atoms with Crippen molar-refractivity contribution in [2.45, 2.75) is 57.7 Å².